The quantitative estimate of drug-likeness (QED) is 0.545. The summed E-state index contributed by atoms with van der Waals surface area (Å²) in [6.45, 7) is 8.71. The molecule has 2 rings (SSSR count). The molecule has 0 aliphatic rings. The lowest BCUT2D eigenvalue weighted by Crippen LogP contribution is -2.37. The minimum absolute atomic E-state index is 0.0788. The molecule has 0 heterocycles. The molecule has 0 saturated carbocycles. The molecule has 0 aromatic heterocycles. The van der Waals surface area contributed by atoms with Crippen molar-refractivity contribution in [3.63, 3.8) is 0 Å². The highest BCUT2D eigenvalue weighted by Crippen LogP contribution is 2.28. The molecule has 1 amide bonds. The van der Waals surface area contributed by atoms with Gasteiger partial charge < -0.3 is 10.1 Å². The molecule has 0 bridgehead atoms. The molecule has 4 heteroatoms. The van der Waals surface area contributed by atoms with E-state index in [1.165, 1.54) is 4.90 Å². The first-order valence-corrected chi connectivity index (χ1v) is 9.68. The first kappa shape index (κ1) is 19.4. The van der Waals surface area contributed by atoms with E-state index in [1.807, 2.05) is 31.2 Å². The van der Waals surface area contributed by atoms with Crippen LogP contribution in [0.1, 0.15) is 37.8 Å². The van der Waals surface area contributed by atoms with Gasteiger partial charge in [0.25, 0.3) is 5.91 Å². The van der Waals surface area contributed by atoms with Gasteiger partial charge >= 0.3 is 0 Å². The molecule has 0 saturated heterocycles. The molecule has 25 heavy (non-hydrogen) atoms. The predicted molar refractivity (Wildman–Crippen MR) is 106 cm³/mol. The molecule has 2 aromatic rings. The van der Waals surface area contributed by atoms with Crippen LogP contribution in [0.15, 0.2) is 53.4 Å². The van der Waals surface area contributed by atoms with Crippen molar-refractivity contribution >= 4 is 17.7 Å². The van der Waals surface area contributed by atoms with Crippen LogP contribution in [0, 0.1) is 6.92 Å². The van der Waals surface area contributed by atoms with Crippen LogP contribution in [0.4, 0.5) is 0 Å². The highest BCUT2D eigenvalue weighted by molar-refractivity contribution is 7.99. The zero-order valence-corrected chi connectivity index (χ0v) is 16.2. The number of benzene rings is 2. The van der Waals surface area contributed by atoms with Gasteiger partial charge in [0, 0.05) is 17.2 Å². The third-order valence-electron chi connectivity index (χ3n) is 3.88. The molecule has 0 fully saturated rings. The number of hydrogen-bond acceptors (Lipinski definition) is 3. The maximum atomic E-state index is 12.3. The van der Waals surface area contributed by atoms with Gasteiger partial charge in [0.05, 0.1) is 0 Å². The minimum Gasteiger partial charge on any atom is -0.481 e. The monoisotopic (exact) mass is 357 g/mol. The first-order valence-electron chi connectivity index (χ1n) is 8.70. The Morgan fingerprint density at radius 1 is 1.12 bits per heavy atom. The Bertz CT molecular complexity index is 686. The van der Waals surface area contributed by atoms with Crippen LogP contribution in [0.25, 0.3) is 0 Å². The van der Waals surface area contributed by atoms with Gasteiger partial charge in [-0.3, -0.25) is 4.79 Å². The third kappa shape index (κ3) is 6.13. The maximum Gasteiger partial charge on any atom is 0.260 e. The van der Waals surface area contributed by atoms with Crippen LogP contribution in [0.5, 0.6) is 5.75 Å². The smallest absolute Gasteiger partial charge is 0.260 e. The van der Waals surface area contributed by atoms with Crippen LogP contribution in [0.3, 0.4) is 0 Å². The number of hydrogen-bond donors (Lipinski definition) is 1. The molecular weight excluding hydrogens is 330 g/mol. The molecular formula is C21H27NO2S. The molecule has 0 aliphatic carbocycles. The number of carbonyl (C=O) groups excluding carboxylic acids is 1. The van der Waals surface area contributed by atoms with Crippen molar-refractivity contribution in [2.45, 2.75) is 44.6 Å². The van der Waals surface area contributed by atoms with Gasteiger partial charge in [-0.25, -0.2) is 0 Å². The van der Waals surface area contributed by atoms with Gasteiger partial charge in [0.1, 0.15) is 5.75 Å². The van der Waals surface area contributed by atoms with E-state index >= 15 is 0 Å². The summed E-state index contributed by atoms with van der Waals surface area (Å²) in [4.78, 5) is 13.5. The summed E-state index contributed by atoms with van der Waals surface area (Å²) in [5, 5.41) is 2.95. The SMILES string of the molecule is Cc1ccc(C(C)C)c(O[C@@H](C)C(=O)NCCSc2ccccc2)c1. The molecule has 1 N–H and O–H groups in total. The minimum atomic E-state index is -0.513. The molecule has 0 radical (unpaired) electrons. The number of nitrogens with one attached hydrogen (secondary N) is 1. The van der Waals surface area contributed by atoms with E-state index in [0.29, 0.717) is 12.5 Å². The lowest BCUT2D eigenvalue weighted by molar-refractivity contribution is -0.127. The zero-order valence-electron chi connectivity index (χ0n) is 15.4. The second-order valence-electron chi connectivity index (χ2n) is 6.41. The normalized spacial score (nSPS) is 12.0. The lowest BCUT2D eigenvalue weighted by atomic mass is 10.0. The van der Waals surface area contributed by atoms with Crippen LogP contribution in [-0.2, 0) is 4.79 Å². The van der Waals surface area contributed by atoms with E-state index in [4.69, 9.17) is 4.74 Å². The number of amides is 1. The summed E-state index contributed by atoms with van der Waals surface area (Å²) < 4.78 is 5.95. The Morgan fingerprint density at radius 2 is 1.84 bits per heavy atom. The van der Waals surface area contributed by atoms with Gasteiger partial charge in [0.2, 0.25) is 0 Å². The molecule has 3 nitrogen and oxygen atoms in total. The van der Waals surface area contributed by atoms with Crippen molar-refractivity contribution in [2.75, 3.05) is 12.3 Å². The maximum absolute atomic E-state index is 12.3. The fourth-order valence-corrected chi connectivity index (χ4v) is 3.26. The van der Waals surface area contributed by atoms with Gasteiger partial charge in [-0.05, 0) is 49.1 Å². The van der Waals surface area contributed by atoms with Gasteiger partial charge in [-0.2, -0.15) is 0 Å². The Morgan fingerprint density at radius 3 is 2.52 bits per heavy atom. The largest absolute Gasteiger partial charge is 0.481 e. The molecule has 0 spiro atoms. The van der Waals surface area contributed by atoms with Gasteiger partial charge in [0.15, 0.2) is 6.10 Å². The topological polar surface area (TPSA) is 38.3 Å². The Kier molecular flexibility index (Phi) is 7.38. The summed E-state index contributed by atoms with van der Waals surface area (Å²) in [6, 6.07) is 16.3. The van der Waals surface area contributed by atoms with Crippen LogP contribution in [0.2, 0.25) is 0 Å². The molecule has 134 valence electrons. The molecule has 1 atom stereocenters. The summed E-state index contributed by atoms with van der Waals surface area (Å²) in [7, 11) is 0. The summed E-state index contributed by atoms with van der Waals surface area (Å²) in [6.07, 6.45) is -0.513. The van der Waals surface area contributed by atoms with E-state index in [-0.39, 0.29) is 5.91 Å². The van der Waals surface area contributed by atoms with Gasteiger partial charge in [-0.1, -0.05) is 44.2 Å². The summed E-state index contributed by atoms with van der Waals surface area (Å²) in [5.74, 6) is 1.92. The molecule has 2 aromatic carbocycles. The van der Waals surface area contributed by atoms with Crippen molar-refractivity contribution in [1.82, 2.24) is 5.32 Å². The zero-order chi connectivity index (χ0) is 18.2. The molecule has 0 aliphatic heterocycles. The van der Waals surface area contributed by atoms with Crippen molar-refractivity contribution in [3.8, 4) is 5.75 Å². The van der Waals surface area contributed by atoms with Gasteiger partial charge in [-0.15, -0.1) is 11.8 Å². The highest BCUT2D eigenvalue weighted by Gasteiger charge is 2.17. The van der Waals surface area contributed by atoms with Crippen LogP contribution < -0.4 is 10.1 Å². The van der Waals surface area contributed by atoms with E-state index in [9.17, 15) is 4.79 Å². The summed E-state index contributed by atoms with van der Waals surface area (Å²) >= 11 is 1.73. The fraction of sp³-hybridized carbons (Fsp3) is 0.381. The number of aryl methyl sites for hydroxylation is 1. The van der Waals surface area contributed by atoms with Crippen molar-refractivity contribution in [1.29, 1.82) is 0 Å². The number of rotatable bonds is 8. The van der Waals surface area contributed by atoms with Crippen LogP contribution in [-0.4, -0.2) is 24.3 Å². The van der Waals surface area contributed by atoms with Crippen molar-refractivity contribution in [2.24, 2.45) is 0 Å². The molecule has 0 unspecified atom stereocenters. The number of carbonyl (C=O) groups is 1. The second kappa shape index (κ2) is 9.52. The lowest BCUT2D eigenvalue weighted by Gasteiger charge is -2.19. The average molecular weight is 358 g/mol. The number of thioether (sulfide) groups is 1. The second-order valence-corrected chi connectivity index (χ2v) is 7.58. The Hall–Kier alpha value is -1.94. The first-order chi connectivity index (χ1) is 12.0. The standard InChI is InChI=1S/C21H27NO2S/c1-15(2)19-11-10-16(3)14-20(19)24-17(4)21(23)22-12-13-25-18-8-6-5-7-9-18/h5-11,14-15,17H,12-13H2,1-4H3,(H,22,23)/t17-/m0/s1. The average Bonchev–Trinajstić information content (AvgIpc) is 2.59. The fourth-order valence-electron chi connectivity index (χ4n) is 2.47. The van der Waals surface area contributed by atoms with Crippen LogP contribution >= 0.6 is 11.8 Å². The Labute approximate surface area is 155 Å². The predicted octanol–water partition coefficient (Wildman–Crippen LogP) is 4.79. The third-order valence-corrected chi connectivity index (χ3v) is 4.89. The summed E-state index contributed by atoms with van der Waals surface area (Å²) in [5.41, 5.74) is 2.26. The van der Waals surface area contributed by atoms with E-state index in [2.05, 4.69) is 43.4 Å². The number of ether oxygens (including phenoxy) is 1. The van der Waals surface area contributed by atoms with Crippen molar-refractivity contribution in [3.05, 3.63) is 59.7 Å². The van der Waals surface area contributed by atoms with Crippen molar-refractivity contribution < 1.29 is 9.53 Å². The Balaban J connectivity index is 1.83. The van der Waals surface area contributed by atoms with E-state index < -0.39 is 6.10 Å². The van der Waals surface area contributed by atoms with E-state index in [1.54, 1.807) is 18.7 Å². The highest BCUT2D eigenvalue weighted by atomic mass is 32.2. The van der Waals surface area contributed by atoms with E-state index in [0.717, 1.165) is 22.6 Å².